The van der Waals surface area contributed by atoms with Crippen LogP contribution in [0.4, 0.5) is 0 Å². The number of pyridine rings is 2. The van der Waals surface area contributed by atoms with E-state index >= 15 is 0 Å². The van der Waals surface area contributed by atoms with Gasteiger partial charge in [-0.1, -0.05) is 6.07 Å². The Kier molecular flexibility index (Phi) is 7.94. The fraction of sp³-hybridized carbons (Fsp3) is 0.474. The van der Waals surface area contributed by atoms with Gasteiger partial charge in [-0.15, -0.1) is 0 Å². The van der Waals surface area contributed by atoms with Crippen LogP contribution in [0.2, 0.25) is 0 Å². The van der Waals surface area contributed by atoms with Crippen LogP contribution in [0.1, 0.15) is 17.5 Å². The third-order valence-corrected chi connectivity index (χ3v) is 4.11. The molecular weight excluding hydrogens is 312 g/mol. The van der Waals surface area contributed by atoms with Gasteiger partial charge in [0.25, 0.3) is 0 Å². The molecule has 2 aromatic rings. The maximum atomic E-state index is 5.63. The van der Waals surface area contributed by atoms with E-state index in [0.717, 1.165) is 43.9 Å². The van der Waals surface area contributed by atoms with Gasteiger partial charge in [0.05, 0.1) is 5.69 Å². The van der Waals surface area contributed by atoms with E-state index in [1.807, 2.05) is 24.7 Å². The van der Waals surface area contributed by atoms with Gasteiger partial charge in [-0.25, -0.2) is 0 Å². The molecule has 0 atom stereocenters. The molecule has 25 heavy (non-hydrogen) atoms. The summed E-state index contributed by atoms with van der Waals surface area (Å²) in [6.07, 6.45) is 6.63. The number of likely N-dealkylation sites (N-methyl/N-ethyl adjacent to an activating group) is 1. The Hall–Kier alpha value is -1.86. The summed E-state index contributed by atoms with van der Waals surface area (Å²) in [7, 11) is 4.18. The highest BCUT2D eigenvalue weighted by Crippen LogP contribution is 2.22. The van der Waals surface area contributed by atoms with E-state index in [1.165, 1.54) is 11.1 Å². The minimum Gasteiger partial charge on any atom is -0.330 e. The molecule has 0 aromatic carbocycles. The molecule has 6 heteroatoms. The first-order valence-corrected chi connectivity index (χ1v) is 8.79. The zero-order valence-electron chi connectivity index (χ0n) is 15.4. The molecule has 0 aliphatic carbocycles. The van der Waals surface area contributed by atoms with Crippen LogP contribution < -0.4 is 11.5 Å². The molecule has 0 spiro atoms. The first-order valence-electron chi connectivity index (χ1n) is 8.79. The average molecular weight is 342 g/mol. The average Bonchev–Trinajstić information content (AvgIpc) is 2.61. The summed E-state index contributed by atoms with van der Waals surface area (Å²) in [6.45, 7) is 4.89. The SMILES string of the molecule is CN(CCN)Cc1cncc(-c2ncccc2CN(C)CCCN)c1. The van der Waals surface area contributed by atoms with Crippen molar-refractivity contribution in [3.8, 4) is 11.3 Å². The van der Waals surface area contributed by atoms with Gasteiger partial charge in [0.1, 0.15) is 0 Å². The van der Waals surface area contributed by atoms with E-state index in [0.29, 0.717) is 13.1 Å². The van der Waals surface area contributed by atoms with Gasteiger partial charge in [0.2, 0.25) is 0 Å². The Morgan fingerprint density at radius 2 is 1.80 bits per heavy atom. The first kappa shape index (κ1) is 19.5. The molecule has 0 radical (unpaired) electrons. The molecule has 0 aliphatic rings. The number of hydrogen-bond donors (Lipinski definition) is 2. The Balaban J connectivity index is 2.18. The molecular formula is C19H30N6. The van der Waals surface area contributed by atoms with Gasteiger partial charge >= 0.3 is 0 Å². The van der Waals surface area contributed by atoms with Gasteiger partial charge in [0.15, 0.2) is 0 Å². The summed E-state index contributed by atoms with van der Waals surface area (Å²) in [4.78, 5) is 13.5. The van der Waals surface area contributed by atoms with Crippen molar-refractivity contribution in [2.24, 2.45) is 11.5 Å². The van der Waals surface area contributed by atoms with E-state index in [2.05, 4.69) is 46.0 Å². The Bertz CT molecular complexity index is 645. The van der Waals surface area contributed by atoms with Crippen molar-refractivity contribution in [2.45, 2.75) is 19.5 Å². The molecule has 2 aromatic heterocycles. The minimum atomic E-state index is 0.656. The van der Waals surface area contributed by atoms with Crippen LogP contribution in [0.25, 0.3) is 11.3 Å². The predicted octanol–water partition coefficient (Wildman–Crippen LogP) is 1.31. The highest BCUT2D eigenvalue weighted by atomic mass is 15.1. The largest absolute Gasteiger partial charge is 0.330 e. The minimum absolute atomic E-state index is 0.656. The van der Waals surface area contributed by atoms with Gasteiger partial charge in [0, 0.05) is 50.3 Å². The second-order valence-corrected chi connectivity index (χ2v) is 6.50. The van der Waals surface area contributed by atoms with Gasteiger partial charge < -0.3 is 21.3 Å². The summed E-state index contributed by atoms with van der Waals surface area (Å²) < 4.78 is 0. The third-order valence-electron chi connectivity index (χ3n) is 4.11. The van der Waals surface area contributed by atoms with Crippen molar-refractivity contribution in [2.75, 3.05) is 40.3 Å². The van der Waals surface area contributed by atoms with E-state index in [4.69, 9.17) is 11.5 Å². The number of nitrogens with two attached hydrogens (primary N) is 2. The first-order chi connectivity index (χ1) is 12.1. The lowest BCUT2D eigenvalue weighted by atomic mass is 10.1. The fourth-order valence-corrected chi connectivity index (χ4v) is 2.87. The fourth-order valence-electron chi connectivity index (χ4n) is 2.87. The zero-order chi connectivity index (χ0) is 18.1. The molecule has 2 heterocycles. The van der Waals surface area contributed by atoms with Crippen molar-refractivity contribution in [1.29, 1.82) is 0 Å². The molecule has 0 amide bonds. The molecule has 0 fully saturated rings. The standard InChI is InChI=1S/C19H30N6/c1-24(9-4-6-20)15-17-5-3-8-23-19(17)18-11-16(12-22-13-18)14-25(2)10-7-21/h3,5,8,11-13H,4,6-7,9-10,14-15,20-21H2,1-2H3. The molecule has 136 valence electrons. The Morgan fingerprint density at radius 1 is 1.00 bits per heavy atom. The number of hydrogen-bond acceptors (Lipinski definition) is 6. The van der Waals surface area contributed by atoms with Crippen molar-refractivity contribution in [3.63, 3.8) is 0 Å². The Labute approximate surface area is 150 Å². The van der Waals surface area contributed by atoms with Crippen LogP contribution in [0.15, 0.2) is 36.8 Å². The number of nitrogens with zero attached hydrogens (tertiary/aromatic N) is 4. The third kappa shape index (κ3) is 6.17. The zero-order valence-corrected chi connectivity index (χ0v) is 15.4. The smallest absolute Gasteiger partial charge is 0.0762 e. The number of aromatic nitrogens is 2. The summed E-state index contributed by atoms with van der Waals surface area (Å²) in [5, 5.41) is 0. The van der Waals surface area contributed by atoms with Crippen LogP contribution in [-0.4, -0.2) is 60.0 Å². The molecule has 0 saturated heterocycles. The van der Waals surface area contributed by atoms with Crippen LogP contribution in [0.5, 0.6) is 0 Å². The van der Waals surface area contributed by atoms with Gasteiger partial charge in [-0.2, -0.15) is 0 Å². The van der Waals surface area contributed by atoms with Crippen LogP contribution in [-0.2, 0) is 13.1 Å². The van der Waals surface area contributed by atoms with E-state index < -0.39 is 0 Å². The quantitative estimate of drug-likeness (QED) is 0.677. The number of rotatable bonds is 10. The van der Waals surface area contributed by atoms with Crippen molar-refractivity contribution >= 4 is 0 Å². The van der Waals surface area contributed by atoms with Crippen LogP contribution in [0.3, 0.4) is 0 Å². The molecule has 2 rings (SSSR count). The summed E-state index contributed by atoms with van der Waals surface area (Å²) in [5.41, 5.74) is 15.7. The normalized spacial score (nSPS) is 11.4. The molecule has 4 N–H and O–H groups in total. The van der Waals surface area contributed by atoms with Crippen LogP contribution >= 0.6 is 0 Å². The topological polar surface area (TPSA) is 84.3 Å². The highest BCUT2D eigenvalue weighted by Gasteiger charge is 2.10. The maximum Gasteiger partial charge on any atom is 0.0762 e. The highest BCUT2D eigenvalue weighted by molar-refractivity contribution is 5.62. The second-order valence-electron chi connectivity index (χ2n) is 6.50. The van der Waals surface area contributed by atoms with E-state index in [1.54, 1.807) is 0 Å². The molecule has 0 aliphatic heterocycles. The predicted molar refractivity (Wildman–Crippen MR) is 103 cm³/mol. The molecule has 0 bridgehead atoms. The lowest BCUT2D eigenvalue weighted by molar-refractivity contribution is 0.324. The summed E-state index contributed by atoms with van der Waals surface area (Å²) in [5.74, 6) is 0. The molecule has 0 saturated carbocycles. The summed E-state index contributed by atoms with van der Waals surface area (Å²) >= 11 is 0. The molecule has 6 nitrogen and oxygen atoms in total. The monoisotopic (exact) mass is 342 g/mol. The lowest BCUT2D eigenvalue weighted by Crippen LogP contribution is -2.25. The van der Waals surface area contributed by atoms with Gasteiger partial charge in [-0.05, 0) is 56.9 Å². The van der Waals surface area contributed by atoms with Crippen molar-refractivity contribution in [3.05, 3.63) is 47.9 Å². The Morgan fingerprint density at radius 3 is 2.56 bits per heavy atom. The van der Waals surface area contributed by atoms with E-state index in [9.17, 15) is 0 Å². The summed E-state index contributed by atoms with van der Waals surface area (Å²) in [6, 6.07) is 6.29. The second kappa shape index (κ2) is 10.2. The maximum absolute atomic E-state index is 5.63. The van der Waals surface area contributed by atoms with Crippen LogP contribution in [0, 0.1) is 0 Å². The van der Waals surface area contributed by atoms with Crippen molar-refractivity contribution in [1.82, 2.24) is 19.8 Å². The lowest BCUT2D eigenvalue weighted by Gasteiger charge is -2.19. The molecule has 0 unspecified atom stereocenters. The van der Waals surface area contributed by atoms with E-state index in [-0.39, 0.29) is 0 Å². The van der Waals surface area contributed by atoms with Gasteiger partial charge in [-0.3, -0.25) is 9.97 Å². The van der Waals surface area contributed by atoms with Crippen molar-refractivity contribution < 1.29 is 0 Å².